The fourth-order valence-electron chi connectivity index (χ4n) is 4.49. The Bertz CT molecular complexity index is 560. The van der Waals surface area contributed by atoms with Crippen LogP contribution in [0.4, 0.5) is 0 Å². The van der Waals surface area contributed by atoms with E-state index in [1.165, 1.54) is 32.2 Å². The summed E-state index contributed by atoms with van der Waals surface area (Å²) in [6.07, 6.45) is 4.94. The topological polar surface area (TPSA) is 52.2 Å². The highest BCUT2D eigenvalue weighted by Gasteiger charge is 2.51. The second-order valence-corrected chi connectivity index (χ2v) is 6.96. The lowest BCUT2D eigenvalue weighted by Crippen LogP contribution is -2.58. The molecule has 106 valence electrons. The van der Waals surface area contributed by atoms with Gasteiger partial charge in [-0.2, -0.15) is 5.10 Å². The predicted octanol–water partition coefficient (Wildman–Crippen LogP) is 1.21. The SMILES string of the molecule is O=C(c1cc(C2CC2)[nH]n1)N1[C@@H]2C[C@@H]3CCN(C2)C[C@@H]31. The van der Waals surface area contributed by atoms with Gasteiger partial charge in [0.25, 0.3) is 5.91 Å². The van der Waals surface area contributed by atoms with Gasteiger partial charge >= 0.3 is 0 Å². The van der Waals surface area contributed by atoms with Crippen molar-refractivity contribution in [3.63, 3.8) is 0 Å². The molecule has 0 aromatic carbocycles. The number of nitrogens with one attached hydrogen (secondary N) is 1. The number of nitrogens with zero attached hydrogens (tertiary/aromatic N) is 3. The fourth-order valence-corrected chi connectivity index (χ4v) is 4.49. The van der Waals surface area contributed by atoms with Crippen LogP contribution < -0.4 is 0 Å². The number of piperazine rings is 1. The molecule has 1 aromatic heterocycles. The molecule has 4 atom stereocenters. The molecule has 5 heteroatoms. The van der Waals surface area contributed by atoms with Crippen molar-refractivity contribution in [1.29, 1.82) is 0 Å². The van der Waals surface area contributed by atoms with Gasteiger partial charge in [0, 0.05) is 36.8 Å². The third-order valence-electron chi connectivity index (χ3n) is 5.67. The van der Waals surface area contributed by atoms with E-state index in [1.807, 2.05) is 6.07 Å². The summed E-state index contributed by atoms with van der Waals surface area (Å²) in [5.41, 5.74) is 1.79. The molecule has 1 N–H and O–H groups in total. The Morgan fingerprint density at radius 3 is 3.05 bits per heavy atom. The minimum Gasteiger partial charge on any atom is -0.328 e. The Hall–Kier alpha value is -1.36. The van der Waals surface area contributed by atoms with Crippen molar-refractivity contribution in [3.8, 4) is 0 Å². The summed E-state index contributed by atoms with van der Waals surface area (Å²) in [6, 6.07) is 2.86. The lowest BCUT2D eigenvalue weighted by atomic mass is 9.93. The van der Waals surface area contributed by atoms with Crippen LogP contribution in [0, 0.1) is 5.92 Å². The predicted molar refractivity (Wildman–Crippen MR) is 73.5 cm³/mol. The molecule has 1 amide bonds. The number of aromatic nitrogens is 2. The molecule has 0 spiro atoms. The number of fused-ring (bicyclic) bond motifs is 2. The van der Waals surface area contributed by atoms with E-state index in [0.717, 1.165) is 24.7 Å². The lowest BCUT2D eigenvalue weighted by Gasteiger charge is -2.44. The van der Waals surface area contributed by atoms with Crippen LogP contribution >= 0.6 is 0 Å². The number of carbonyl (C=O) groups is 1. The standard InChI is InChI=1S/C15H20N4O/c20-15(13-6-12(16-17-13)9-1-2-9)19-11-5-10-3-4-18(7-11)8-14(10)19/h6,9-11,14H,1-5,7-8H2,(H,16,17)/t10-,11+,14-/m0/s1. The highest BCUT2D eigenvalue weighted by atomic mass is 16.2. The van der Waals surface area contributed by atoms with Crippen molar-refractivity contribution in [2.24, 2.45) is 5.92 Å². The number of piperidine rings is 1. The molecule has 1 saturated carbocycles. The van der Waals surface area contributed by atoms with Crippen molar-refractivity contribution in [2.45, 2.75) is 43.7 Å². The molecule has 20 heavy (non-hydrogen) atoms. The first-order valence-electron chi connectivity index (χ1n) is 7.90. The maximum Gasteiger partial charge on any atom is 0.274 e. The van der Waals surface area contributed by atoms with Crippen LogP contribution in [0.25, 0.3) is 0 Å². The molecular weight excluding hydrogens is 252 g/mol. The second kappa shape index (κ2) is 3.85. The summed E-state index contributed by atoms with van der Waals surface area (Å²) in [6.45, 7) is 3.37. The summed E-state index contributed by atoms with van der Waals surface area (Å²) in [5.74, 6) is 1.51. The van der Waals surface area contributed by atoms with Crippen LogP contribution in [0.5, 0.6) is 0 Å². The third-order valence-corrected chi connectivity index (χ3v) is 5.67. The highest BCUT2D eigenvalue weighted by molar-refractivity contribution is 5.93. The maximum absolute atomic E-state index is 12.8. The third kappa shape index (κ3) is 1.53. The van der Waals surface area contributed by atoms with E-state index in [4.69, 9.17) is 0 Å². The number of H-pyrrole nitrogens is 1. The maximum atomic E-state index is 12.8. The Balaban J connectivity index is 1.43. The number of carbonyl (C=O) groups excluding carboxylic acids is 1. The molecule has 4 fully saturated rings. The number of hydrogen-bond acceptors (Lipinski definition) is 3. The summed E-state index contributed by atoms with van der Waals surface area (Å²) in [4.78, 5) is 17.5. The summed E-state index contributed by atoms with van der Waals surface area (Å²) >= 11 is 0. The molecule has 4 heterocycles. The number of amides is 1. The van der Waals surface area contributed by atoms with Gasteiger partial charge < -0.3 is 4.90 Å². The van der Waals surface area contributed by atoms with Crippen molar-refractivity contribution >= 4 is 5.91 Å². The van der Waals surface area contributed by atoms with Crippen LogP contribution in [0.15, 0.2) is 6.07 Å². The number of hydrogen-bond donors (Lipinski definition) is 1. The van der Waals surface area contributed by atoms with E-state index in [9.17, 15) is 4.79 Å². The average molecular weight is 272 g/mol. The molecule has 3 saturated heterocycles. The Morgan fingerprint density at radius 2 is 2.20 bits per heavy atom. The highest BCUT2D eigenvalue weighted by Crippen LogP contribution is 2.42. The summed E-state index contributed by atoms with van der Waals surface area (Å²) in [7, 11) is 0. The molecule has 5 nitrogen and oxygen atoms in total. The first kappa shape index (κ1) is 11.3. The molecule has 1 aliphatic carbocycles. The van der Waals surface area contributed by atoms with Crippen molar-refractivity contribution in [1.82, 2.24) is 20.0 Å². The van der Waals surface area contributed by atoms with E-state index in [2.05, 4.69) is 20.0 Å². The molecular formula is C15H20N4O. The Kier molecular flexibility index (Phi) is 2.18. The van der Waals surface area contributed by atoms with Gasteiger partial charge in [0.15, 0.2) is 0 Å². The molecule has 1 aromatic rings. The van der Waals surface area contributed by atoms with E-state index in [1.54, 1.807) is 0 Å². The van der Waals surface area contributed by atoms with E-state index in [0.29, 0.717) is 23.7 Å². The number of rotatable bonds is 2. The van der Waals surface area contributed by atoms with Gasteiger partial charge in [-0.05, 0) is 44.2 Å². The van der Waals surface area contributed by atoms with Crippen LogP contribution in [0.1, 0.15) is 47.8 Å². The smallest absolute Gasteiger partial charge is 0.274 e. The van der Waals surface area contributed by atoms with Gasteiger partial charge in [-0.15, -0.1) is 0 Å². The van der Waals surface area contributed by atoms with Gasteiger partial charge in [-0.3, -0.25) is 14.8 Å². The number of aromatic amines is 1. The minimum absolute atomic E-state index is 0.159. The van der Waals surface area contributed by atoms with Crippen LogP contribution in [0.3, 0.4) is 0 Å². The van der Waals surface area contributed by atoms with Gasteiger partial charge in [0.05, 0.1) is 0 Å². The van der Waals surface area contributed by atoms with Gasteiger partial charge in [0.2, 0.25) is 0 Å². The zero-order valence-corrected chi connectivity index (χ0v) is 11.6. The molecule has 0 radical (unpaired) electrons. The van der Waals surface area contributed by atoms with E-state index < -0.39 is 0 Å². The molecule has 3 aliphatic heterocycles. The quantitative estimate of drug-likeness (QED) is 0.880. The zero-order chi connectivity index (χ0) is 13.3. The minimum atomic E-state index is 0.159. The summed E-state index contributed by atoms with van der Waals surface area (Å²) in [5, 5.41) is 7.35. The first-order valence-corrected chi connectivity index (χ1v) is 7.90. The fraction of sp³-hybridized carbons (Fsp3) is 0.733. The molecule has 5 rings (SSSR count). The van der Waals surface area contributed by atoms with Crippen LogP contribution in [-0.4, -0.2) is 57.6 Å². The molecule has 3 bridgehead atoms. The average Bonchev–Trinajstić information content (AvgIpc) is 3.17. The van der Waals surface area contributed by atoms with Gasteiger partial charge in [-0.1, -0.05) is 0 Å². The van der Waals surface area contributed by atoms with E-state index in [-0.39, 0.29) is 5.91 Å². The van der Waals surface area contributed by atoms with Crippen molar-refractivity contribution < 1.29 is 4.79 Å². The first-order chi connectivity index (χ1) is 9.79. The Labute approximate surface area is 118 Å². The summed E-state index contributed by atoms with van der Waals surface area (Å²) < 4.78 is 0. The van der Waals surface area contributed by atoms with Crippen molar-refractivity contribution in [2.75, 3.05) is 19.6 Å². The van der Waals surface area contributed by atoms with Crippen LogP contribution in [0.2, 0.25) is 0 Å². The van der Waals surface area contributed by atoms with Gasteiger partial charge in [-0.25, -0.2) is 0 Å². The van der Waals surface area contributed by atoms with Crippen molar-refractivity contribution in [3.05, 3.63) is 17.5 Å². The molecule has 4 aliphatic rings. The zero-order valence-electron chi connectivity index (χ0n) is 11.6. The van der Waals surface area contributed by atoms with Gasteiger partial charge in [0.1, 0.15) is 5.69 Å². The molecule has 1 unspecified atom stereocenters. The normalized spacial score (nSPS) is 38.5. The largest absolute Gasteiger partial charge is 0.328 e. The van der Waals surface area contributed by atoms with E-state index >= 15 is 0 Å². The Morgan fingerprint density at radius 1 is 1.30 bits per heavy atom. The lowest BCUT2D eigenvalue weighted by molar-refractivity contribution is 0.0257. The van der Waals surface area contributed by atoms with Crippen LogP contribution in [-0.2, 0) is 0 Å². The second-order valence-electron chi connectivity index (χ2n) is 6.96. The monoisotopic (exact) mass is 272 g/mol.